The Bertz CT molecular complexity index is 701. The van der Waals surface area contributed by atoms with Gasteiger partial charge in [0.2, 0.25) is 5.91 Å². The van der Waals surface area contributed by atoms with Gasteiger partial charge in [-0.1, -0.05) is 0 Å². The maximum atomic E-state index is 11.9. The first-order chi connectivity index (χ1) is 16.4. The van der Waals surface area contributed by atoms with E-state index in [4.69, 9.17) is 32.7 Å². The fraction of sp³-hybridized carbons (Fsp3) is 0.789. The van der Waals surface area contributed by atoms with E-state index in [1.165, 1.54) is 0 Å². The molecule has 15 nitrogen and oxygen atoms in total. The van der Waals surface area contributed by atoms with Gasteiger partial charge in [0.25, 0.3) is 0 Å². The normalized spacial score (nSPS) is 13.4. The van der Waals surface area contributed by atoms with E-state index in [1.54, 1.807) is 13.8 Å². The molecule has 1 amide bonds. The maximum absolute atomic E-state index is 11.9. The molecule has 2 atom stereocenters. The van der Waals surface area contributed by atoms with Crippen LogP contribution >= 0.6 is 7.82 Å². The highest BCUT2D eigenvalue weighted by Gasteiger charge is 2.25. The molecule has 0 aromatic carbocycles. The van der Waals surface area contributed by atoms with Crippen molar-refractivity contribution in [1.29, 1.82) is 0 Å². The fourth-order valence-corrected chi connectivity index (χ4v) is 2.72. The third-order valence-electron chi connectivity index (χ3n) is 3.29. The number of hydrogen-bond donors (Lipinski definition) is 2. The van der Waals surface area contributed by atoms with Gasteiger partial charge in [-0.25, -0.2) is 9.36 Å². The van der Waals surface area contributed by atoms with Gasteiger partial charge in [0, 0.05) is 20.4 Å². The first kappa shape index (κ1) is 32.7. The van der Waals surface area contributed by atoms with Crippen molar-refractivity contribution in [2.45, 2.75) is 39.9 Å². The quantitative estimate of drug-likeness (QED) is 0.100. The molecule has 0 aliphatic rings. The smallest absolute Gasteiger partial charge is 0.462 e. The number of carbonyl (C=O) groups excluding carboxylic acids is 4. The number of nitrogens with one attached hydrogen (secondary N) is 1. The lowest BCUT2D eigenvalue weighted by Crippen LogP contribution is -2.31. The second-order valence-corrected chi connectivity index (χ2v) is 8.37. The molecule has 0 aromatic heterocycles. The zero-order chi connectivity index (χ0) is 26.7. The Kier molecular flexibility index (Phi) is 17.7. The van der Waals surface area contributed by atoms with Crippen molar-refractivity contribution in [3.8, 4) is 0 Å². The van der Waals surface area contributed by atoms with Gasteiger partial charge in [0.15, 0.2) is 6.10 Å². The number of phosphoric acid groups is 1. The molecule has 35 heavy (non-hydrogen) atoms. The maximum Gasteiger partial charge on any atom is 0.508 e. The molecule has 0 saturated heterocycles. The van der Waals surface area contributed by atoms with Crippen molar-refractivity contribution in [3.63, 3.8) is 0 Å². The van der Waals surface area contributed by atoms with Crippen LogP contribution in [0.2, 0.25) is 0 Å². The first-order valence-electron chi connectivity index (χ1n) is 10.6. The zero-order valence-electron chi connectivity index (χ0n) is 20.2. The molecule has 0 spiro atoms. The van der Waals surface area contributed by atoms with Gasteiger partial charge in [0.05, 0.1) is 39.1 Å². The monoisotopic (exact) mass is 531 g/mol. The standard InChI is InChI=1S/C19H34NO14P/c1-14(2)33-19(24)29-10-9-27-7-8-28-13-18(23)20-5-6-31-35(25,26)32-12-17(34-16(4)22)11-30-15(3)21/h14,17H,5-13H2,1-4H3,(H,20,23)(H,25,26)/t17-/m1/s1. The van der Waals surface area contributed by atoms with E-state index in [9.17, 15) is 28.6 Å². The largest absolute Gasteiger partial charge is 0.508 e. The lowest BCUT2D eigenvalue weighted by molar-refractivity contribution is -0.158. The molecule has 16 heteroatoms. The molecule has 204 valence electrons. The Morgan fingerprint density at radius 3 is 2.11 bits per heavy atom. The van der Waals surface area contributed by atoms with Crippen LogP contribution in [0.1, 0.15) is 27.7 Å². The second kappa shape index (κ2) is 19.0. The molecule has 0 heterocycles. The number of amides is 1. The molecule has 0 bridgehead atoms. The van der Waals surface area contributed by atoms with Crippen molar-refractivity contribution in [3.05, 3.63) is 0 Å². The molecule has 0 fully saturated rings. The van der Waals surface area contributed by atoms with Crippen molar-refractivity contribution >= 4 is 31.8 Å². The summed E-state index contributed by atoms with van der Waals surface area (Å²) in [6.45, 7) is 4.38. The Hall–Kier alpha value is -2.29. The number of phosphoric ester groups is 1. The van der Waals surface area contributed by atoms with E-state index in [2.05, 4.69) is 10.1 Å². The third kappa shape index (κ3) is 21.9. The van der Waals surface area contributed by atoms with Crippen LogP contribution in [0, 0.1) is 0 Å². The molecule has 0 radical (unpaired) electrons. The van der Waals surface area contributed by atoms with Crippen LogP contribution in [0.15, 0.2) is 0 Å². The molecule has 1 unspecified atom stereocenters. The summed E-state index contributed by atoms with van der Waals surface area (Å²) >= 11 is 0. The molecule has 2 N–H and O–H groups in total. The van der Waals surface area contributed by atoms with Gasteiger partial charge in [0.1, 0.15) is 19.8 Å². The number of carbonyl (C=O) groups is 4. The van der Waals surface area contributed by atoms with Crippen LogP contribution in [0.5, 0.6) is 0 Å². The van der Waals surface area contributed by atoms with Gasteiger partial charge in [-0.05, 0) is 13.8 Å². The summed E-state index contributed by atoms with van der Waals surface area (Å²) in [6.07, 6.45) is -2.16. The highest BCUT2D eigenvalue weighted by Crippen LogP contribution is 2.43. The van der Waals surface area contributed by atoms with Crippen LogP contribution in [-0.2, 0) is 56.4 Å². The summed E-state index contributed by atoms with van der Waals surface area (Å²) in [6, 6.07) is 0. The number of rotatable bonds is 19. The Morgan fingerprint density at radius 1 is 0.829 bits per heavy atom. The van der Waals surface area contributed by atoms with E-state index in [0.717, 1.165) is 13.8 Å². The lowest BCUT2D eigenvalue weighted by Gasteiger charge is -2.18. The molecular weight excluding hydrogens is 497 g/mol. The average molecular weight is 531 g/mol. The summed E-state index contributed by atoms with van der Waals surface area (Å²) < 4.78 is 50.6. The van der Waals surface area contributed by atoms with Crippen molar-refractivity contribution in [2.75, 3.05) is 59.4 Å². The van der Waals surface area contributed by atoms with Crippen LogP contribution in [0.3, 0.4) is 0 Å². The molecule has 0 rings (SSSR count). The predicted octanol–water partition coefficient (Wildman–Crippen LogP) is 0.326. The van der Waals surface area contributed by atoms with Gasteiger partial charge >= 0.3 is 25.9 Å². The second-order valence-electron chi connectivity index (χ2n) is 6.91. The van der Waals surface area contributed by atoms with Gasteiger partial charge in [-0.2, -0.15) is 0 Å². The summed E-state index contributed by atoms with van der Waals surface area (Å²) in [5.41, 5.74) is 0. The van der Waals surface area contributed by atoms with E-state index in [1.807, 2.05) is 0 Å². The minimum absolute atomic E-state index is 0.0149. The summed E-state index contributed by atoms with van der Waals surface area (Å²) in [5.74, 6) is -1.83. The van der Waals surface area contributed by atoms with E-state index >= 15 is 0 Å². The Balaban J connectivity index is 3.86. The SMILES string of the molecule is CC(=O)OC[C@H](COP(=O)(O)OCCNC(=O)COCCOCCOC(=O)OC(C)C)OC(C)=O. The number of ether oxygens (including phenoxy) is 6. The Morgan fingerprint density at radius 2 is 1.49 bits per heavy atom. The summed E-state index contributed by atoms with van der Waals surface area (Å²) in [5, 5.41) is 2.40. The number of hydrogen-bond acceptors (Lipinski definition) is 13. The van der Waals surface area contributed by atoms with Crippen molar-refractivity contribution in [2.24, 2.45) is 0 Å². The average Bonchev–Trinajstić information content (AvgIpc) is 2.74. The number of esters is 2. The predicted molar refractivity (Wildman–Crippen MR) is 116 cm³/mol. The molecule has 0 saturated carbocycles. The molecule has 0 aliphatic carbocycles. The first-order valence-corrected chi connectivity index (χ1v) is 12.1. The molecule has 0 aromatic rings. The summed E-state index contributed by atoms with van der Waals surface area (Å²) in [4.78, 5) is 54.3. The van der Waals surface area contributed by atoms with E-state index < -0.39 is 44.5 Å². The van der Waals surface area contributed by atoms with Crippen molar-refractivity contribution in [1.82, 2.24) is 5.32 Å². The van der Waals surface area contributed by atoms with Gasteiger partial charge < -0.3 is 38.6 Å². The zero-order valence-corrected chi connectivity index (χ0v) is 21.1. The highest BCUT2D eigenvalue weighted by molar-refractivity contribution is 7.47. The molecular formula is C19H34NO14P. The van der Waals surface area contributed by atoms with Crippen LogP contribution in [0.4, 0.5) is 4.79 Å². The van der Waals surface area contributed by atoms with Gasteiger partial charge in [-0.3, -0.25) is 23.4 Å². The lowest BCUT2D eigenvalue weighted by atomic mass is 10.4. The van der Waals surface area contributed by atoms with E-state index in [0.29, 0.717) is 0 Å². The fourth-order valence-electron chi connectivity index (χ4n) is 1.97. The Labute approximate surface area is 203 Å². The minimum atomic E-state index is -4.52. The van der Waals surface area contributed by atoms with Gasteiger partial charge in [-0.15, -0.1) is 0 Å². The highest BCUT2D eigenvalue weighted by atomic mass is 31.2. The van der Waals surface area contributed by atoms with Crippen LogP contribution in [-0.4, -0.2) is 101 Å². The van der Waals surface area contributed by atoms with E-state index in [-0.39, 0.29) is 58.9 Å². The summed E-state index contributed by atoms with van der Waals surface area (Å²) in [7, 11) is -4.52. The van der Waals surface area contributed by atoms with Crippen LogP contribution < -0.4 is 5.32 Å². The van der Waals surface area contributed by atoms with Crippen molar-refractivity contribution < 1.29 is 66.1 Å². The van der Waals surface area contributed by atoms with Crippen LogP contribution in [0.25, 0.3) is 0 Å². The topological polar surface area (TPSA) is 191 Å². The third-order valence-corrected chi connectivity index (χ3v) is 4.28. The minimum Gasteiger partial charge on any atom is -0.462 e. The molecule has 0 aliphatic heterocycles.